The molecule has 8 heteroatoms. The molecule has 1 aliphatic heterocycles. The van der Waals surface area contributed by atoms with Crippen LogP contribution in [0.5, 0.6) is 0 Å². The fraction of sp³-hybridized carbons (Fsp3) is 0.600. The molecule has 0 amide bonds. The molecule has 3 heterocycles. The van der Waals surface area contributed by atoms with E-state index in [4.69, 9.17) is 4.42 Å². The fourth-order valence-corrected chi connectivity index (χ4v) is 3.44. The van der Waals surface area contributed by atoms with Crippen LogP contribution in [0.3, 0.4) is 0 Å². The third kappa shape index (κ3) is 2.54. The number of nitrogens with one attached hydrogen (secondary N) is 1. The molecule has 1 saturated heterocycles. The molecule has 1 unspecified atom stereocenters. The first-order valence-electron chi connectivity index (χ1n) is 7.81. The van der Waals surface area contributed by atoms with Gasteiger partial charge in [-0.25, -0.2) is 9.97 Å². The van der Waals surface area contributed by atoms with Crippen LogP contribution in [-0.4, -0.2) is 42.3 Å². The van der Waals surface area contributed by atoms with Crippen LogP contribution in [-0.2, 0) is 12.8 Å². The lowest BCUT2D eigenvalue weighted by Crippen LogP contribution is -2.43. The van der Waals surface area contributed by atoms with Crippen molar-refractivity contribution in [3.05, 3.63) is 17.7 Å². The van der Waals surface area contributed by atoms with E-state index in [-0.39, 0.29) is 12.8 Å². The van der Waals surface area contributed by atoms with Crippen LogP contribution in [0.15, 0.2) is 10.7 Å². The molecule has 0 saturated carbocycles. The predicted molar refractivity (Wildman–Crippen MR) is 78.5 cm³/mol. The first kappa shape index (κ1) is 14.7. The summed E-state index contributed by atoms with van der Waals surface area (Å²) in [5.41, 5.74) is 1.67. The van der Waals surface area contributed by atoms with Gasteiger partial charge in [0.25, 0.3) is 0 Å². The summed E-state index contributed by atoms with van der Waals surface area (Å²) in [7, 11) is 0. The minimum absolute atomic E-state index is 0.0517. The summed E-state index contributed by atoms with van der Waals surface area (Å²) < 4.78 is 45.0. The highest BCUT2D eigenvalue weighted by atomic mass is 19.4. The van der Waals surface area contributed by atoms with Crippen molar-refractivity contribution in [2.45, 2.75) is 25.4 Å². The lowest BCUT2D eigenvalue weighted by Gasteiger charge is -2.28. The van der Waals surface area contributed by atoms with E-state index in [1.54, 1.807) is 0 Å². The Kier molecular flexibility index (Phi) is 3.44. The molecule has 5 nitrogen and oxygen atoms in total. The molecular weight excluding hydrogens is 309 g/mol. The van der Waals surface area contributed by atoms with E-state index in [2.05, 4.69) is 20.2 Å². The van der Waals surface area contributed by atoms with Crippen molar-refractivity contribution in [2.75, 3.05) is 31.1 Å². The van der Waals surface area contributed by atoms with Crippen molar-refractivity contribution in [3.8, 4) is 0 Å². The van der Waals surface area contributed by atoms with Crippen molar-refractivity contribution in [2.24, 2.45) is 5.92 Å². The molecule has 0 radical (unpaired) electrons. The third-order valence-corrected chi connectivity index (χ3v) is 4.68. The number of fused-ring (bicyclic) bond motifs is 3. The van der Waals surface area contributed by atoms with Crippen LogP contribution < -0.4 is 10.2 Å². The number of aryl methyl sites for hydroxylation is 1. The minimum atomic E-state index is -4.17. The second kappa shape index (κ2) is 5.36. The van der Waals surface area contributed by atoms with Gasteiger partial charge >= 0.3 is 6.18 Å². The second-order valence-electron chi connectivity index (χ2n) is 6.10. The number of anilines is 1. The summed E-state index contributed by atoms with van der Waals surface area (Å²) in [6.45, 7) is 3.29. The lowest BCUT2D eigenvalue weighted by atomic mass is 9.87. The van der Waals surface area contributed by atoms with E-state index in [1.807, 2.05) is 0 Å². The van der Waals surface area contributed by atoms with Gasteiger partial charge < -0.3 is 14.6 Å². The summed E-state index contributed by atoms with van der Waals surface area (Å²) in [6, 6.07) is 0. The van der Waals surface area contributed by atoms with Gasteiger partial charge in [-0.1, -0.05) is 0 Å². The molecule has 4 rings (SSSR count). The van der Waals surface area contributed by atoms with Crippen LogP contribution in [0.1, 0.15) is 17.7 Å². The minimum Gasteiger partial charge on any atom is -0.455 e. The van der Waals surface area contributed by atoms with Crippen LogP contribution in [0.2, 0.25) is 0 Å². The highest BCUT2D eigenvalue weighted by Gasteiger charge is 2.43. The van der Waals surface area contributed by atoms with Gasteiger partial charge in [0.1, 0.15) is 17.6 Å². The van der Waals surface area contributed by atoms with E-state index in [1.165, 1.54) is 6.33 Å². The Morgan fingerprint density at radius 2 is 2.00 bits per heavy atom. The molecule has 0 spiro atoms. The van der Waals surface area contributed by atoms with Gasteiger partial charge in [-0.05, 0) is 12.8 Å². The molecule has 124 valence electrons. The van der Waals surface area contributed by atoms with Crippen LogP contribution in [0, 0.1) is 5.92 Å². The van der Waals surface area contributed by atoms with Crippen molar-refractivity contribution in [1.82, 2.24) is 15.3 Å². The third-order valence-electron chi connectivity index (χ3n) is 4.68. The number of hydrogen-bond acceptors (Lipinski definition) is 5. The number of halogens is 3. The zero-order valence-electron chi connectivity index (χ0n) is 12.5. The maximum absolute atomic E-state index is 13.0. The van der Waals surface area contributed by atoms with Gasteiger partial charge in [0, 0.05) is 38.2 Å². The average molecular weight is 326 g/mol. The van der Waals surface area contributed by atoms with E-state index in [0.29, 0.717) is 34.7 Å². The number of aromatic nitrogens is 2. The van der Waals surface area contributed by atoms with Gasteiger partial charge in [-0.2, -0.15) is 13.2 Å². The van der Waals surface area contributed by atoms with Gasteiger partial charge in [-0.3, -0.25) is 0 Å². The van der Waals surface area contributed by atoms with Crippen LogP contribution in [0.4, 0.5) is 19.0 Å². The Morgan fingerprint density at radius 3 is 2.74 bits per heavy atom. The first-order valence-corrected chi connectivity index (χ1v) is 7.81. The highest BCUT2D eigenvalue weighted by Crippen LogP contribution is 2.41. The zero-order valence-corrected chi connectivity index (χ0v) is 12.5. The van der Waals surface area contributed by atoms with E-state index in [9.17, 15) is 13.2 Å². The summed E-state index contributed by atoms with van der Waals surface area (Å²) in [5, 5.41) is 3.26. The summed E-state index contributed by atoms with van der Waals surface area (Å²) >= 11 is 0. The van der Waals surface area contributed by atoms with E-state index >= 15 is 0 Å². The van der Waals surface area contributed by atoms with Gasteiger partial charge in [0.05, 0.1) is 5.92 Å². The van der Waals surface area contributed by atoms with Gasteiger partial charge in [0.2, 0.25) is 0 Å². The average Bonchev–Trinajstić information content (AvgIpc) is 2.92. The number of rotatable bonds is 1. The first-order chi connectivity index (χ1) is 11.0. The molecule has 0 aromatic carbocycles. The monoisotopic (exact) mass is 326 g/mol. The van der Waals surface area contributed by atoms with E-state index < -0.39 is 12.1 Å². The summed E-state index contributed by atoms with van der Waals surface area (Å²) in [6.07, 6.45) is -2.42. The lowest BCUT2D eigenvalue weighted by molar-refractivity contribution is -0.177. The number of alkyl halides is 3. The molecule has 23 heavy (non-hydrogen) atoms. The molecule has 1 N–H and O–H groups in total. The Hall–Kier alpha value is -1.83. The number of piperazine rings is 1. The second-order valence-corrected chi connectivity index (χ2v) is 6.10. The molecule has 0 bridgehead atoms. The summed E-state index contributed by atoms with van der Waals surface area (Å²) in [5.74, 6) is 0.0141. The topological polar surface area (TPSA) is 54.2 Å². The van der Waals surface area contributed by atoms with Crippen LogP contribution >= 0.6 is 0 Å². The Balaban J connectivity index is 1.75. The molecular formula is C15H17F3N4O. The maximum Gasteiger partial charge on any atom is 0.392 e. The molecule has 1 fully saturated rings. The number of nitrogens with zero attached hydrogens (tertiary/aromatic N) is 3. The number of hydrogen-bond donors (Lipinski definition) is 1. The molecule has 2 aromatic rings. The fourth-order valence-electron chi connectivity index (χ4n) is 3.44. The van der Waals surface area contributed by atoms with Crippen molar-refractivity contribution < 1.29 is 17.6 Å². The smallest absolute Gasteiger partial charge is 0.392 e. The summed E-state index contributed by atoms with van der Waals surface area (Å²) in [4.78, 5) is 10.6. The van der Waals surface area contributed by atoms with Gasteiger partial charge in [0.15, 0.2) is 11.4 Å². The van der Waals surface area contributed by atoms with Crippen molar-refractivity contribution >= 4 is 16.9 Å². The Labute approximate surface area is 130 Å². The molecule has 2 aliphatic rings. The molecule has 1 aliphatic carbocycles. The quantitative estimate of drug-likeness (QED) is 0.871. The van der Waals surface area contributed by atoms with E-state index in [0.717, 1.165) is 26.2 Å². The SMILES string of the molecule is FC(F)(F)C1CCc2oc3c(N4CCNCC4)ncnc3c2C1. The maximum atomic E-state index is 13.0. The largest absolute Gasteiger partial charge is 0.455 e. The molecule has 1 atom stereocenters. The molecule has 2 aromatic heterocycles. The van der Waals surface area contributed by atoms with Crippen molar-refractivity contribution in [1.29, 1.82) is 0 Å². The Morgan fingerprint density at radius 1 is 1.22 bits per heavy atom. The highest BCUT2D eigenvalue weighted by molar-refractivity contribution is 5.87. The predicted octanol–water partition coefficient (Wildman–Crippen LogP) is 2.30. The van der Waals surface area contributed by atoms with Crippen molar-refractivity contribution in [3.63, 3.8) is 0 Å². The Bertz CT molecular complexity index is 721. The van der Waals surface area contributed by atoms with Crippen LogP contribution in [0.25, 0.3) is 11.1 Å². The normalized spacial score (nSPS) is 22.4. The zero-order chi connectivity index (χ0) is 16.0. The van der Waals surface area contributed by atoms with Gasteiger partial charge in [-0.15, -0.1) is 0 Å². The number of furan rings is 1. The standard InChI is InChI=1S/C15H17F3N4O/c16-15(17,18)9-1-2-11-10(7-9)12-13(23-11)14(21-8-20-12)22-5-3-19-4-6-22/h8-9,19H,1-7H2.